The molecule has 2 aromatic carbocycles. The normalized spacial score (nSPS) is 18.1. The third-order valence-electron chi connectivity index (χ3n) is 4.47. The minimum absolute atomic E-state index is 0.107. The third kappa shape index (κ3) is 4.51. The van der Waals surface area contributed by atoms with E-state index in [1.54, 1.807) is 12.1 Å². The smallest absolute Gasteiger partial charge is 0.241 e. The monoisotopic (exact) mass is 420 g/mol. The molecule has 0 fully saturated rings. The number of carbonyl (C=O) groups is 1. The lowest BCUT2D eigenvalue weighted by molar-refractivity contribution is -0.114. The van der Waals surface area contributed by atoms with Crippen LogP contribution in [0.3, 0.4) is 0 Å². The second-order valence-corrected chi connectivity index (χ2v) is 9.88. The Labute approximate surface area is 170 Å². The number of sulfonamides is 1. The summed E-state index contributed by atoms with van der Waals surface area (Å²) in [6.07, 6.45) is 2.37. The average Bonchev–Trinajstić information content (AvgIpc) is 2.60. The highest BCUT2D eigenvalue weighted by molar-refractivity contribution is 7.98. The molecule has 0 bridgehead atoms. The van der Waals surface area contributed by atoms with E-state index in [-0.39, 0.29) is 10.8 Å². The minimum atomic E-state index is -3.80. The Balaban J connectivity index is 1.95. The highest BCUT2D eigenvalue weighted by Gasteiger charge is 2.36. The first kappa shape index (κ1) is 20.7. The summed E-state index contributed by atoms with van der Waals surface area (Å²) in [5.74, 6) is 0.432. The Morgan fingerprint density at radius 1 is 1.21 bits per heavy atom. The van der Waals surface area contributed by atoms with Crippen LogP contribution in [0.1, 0.15) is 38.8 Å². The van der Waals surface area contributed by atoms with E-state index >= 15 is 0 Å². The van der Waals surface area contributed by atoms with Gasteiger partial charge in [0.2, 0.25) is 15.9 Å². The molecule has 1 amide bonds. The van der Waals surface area contributed by atoms with Crippen molar-refractivity contribution >= 4 is 33.4 Å². The maximum absolute atomic E-state index is 13.1. The quantitative estimate of drug-likeness (QED) is 0.716. The molecule has 8 heteroatoms. The molecule has 0 unspecified atom stereocenters. The van der Waals surface area contributed by atoms with Gasteiger partial charge in [0.05, 0.1) is 16.6 Å². The van der Waals surface area contributed by atoms with Crippen molar-refractivity contribution < 1.29 is 17.9 Å². The van der Waals surface area contributed by atoms with Crippen molar-refractivity contribution in [1.29, 1.82) is 0 Å². The van der Waals surface area contributed by atoms with Crippen LogP contribution in [0.2, 0.25) is 0 Å². The summed E-state index contributed by atoms with van der Waals surface area (Å²) in [6.45, 7) is 5.27. The number of benzene rings is 2. The fourth-order valence-corrected chi connectivity index (χ4v) is 5.08. The fraction of sp³-hybridized carbons (Fsp3) is 0.350. The van der Waals surface area contributed by atoms with Gasteiger partial charge in [-0.15, -0.1) is 11.8 Å². The van der Waals surface area contributed by atoms with Crippen LogP contribution in [0, 0.1) is 0 Å². The van der Waals surface area contributed by atoms with E-state index < -0.39 is 21.7 Å². The summed E-state index contributed by atoms with van der Waals surface area (Å²) in [7, 11) is -3.80. The number of rotatable bonds is 5. The number of amides is 1. The standard InChI is InChI=1S/C20H24N2O4S2/c1-13(23)21-16-11-14(9-10-19(16)27-4)28(24,25)22-17-12-20(2,3)26-18-8-6-5-7-15(17)18/h5-11,17,22H,12H2,1-4H3,(H,21,23)/t17-/m0/s1. The molecule has 1 aliphatic heterocycles. The van der Waals surface area contributed by atoms with E-state index in [2.05, 4.69) is 10.0 Å². The number of thioether (sulfide) groups is 1. The van der Waals surface area contributed by atoms with Gasteiger partial charge in [-0.25, -0.2) is 13.1 Å². The number of ether oxygens (including phenoxy) is 1. The first-order chi connectivity index (χ1) is 13.1. The number of hydrogen-bond donors (Lipinski definition) is 2. The van der Waals surface area contributed by atoms with Gasteiger partial charge >= 0.3 is 0 Å². The van der Waals surface area contributed by atoms with Crippen LogP contribution in [0.25, 0.3) is 0 Å². The zero-order valence-electron chi connectivity index (χ0n) is 16.3. The van der Waals surface area contributed by atoms with Crippen molar-refractivity contribution in [3.63, 3.8) is 0 Å². The van der Waals surface area contributed by atoms with E-state index in [0.717, 1.165) is 10.5 Å². The van der Waals surface area contributed by atoms with Gasteiger partial charge in [0.25, 0.3) is 0 Å². The molecule has 28 heavy (non-hydrogen) atoms. The van der Waals surface area contributed by atoms with Gasteiger partial charge < -0.3 is 10.1 Å². The molecular formula is C20H24N2O4S2. The second kappa shape index (κ2) is 7.77. The molecule has 1 atom stereocenters. The Morgan fingerprint density at radius 3 is 2.61 bits per heavy atom. The number of nitrogens with one attached hydrogen (secondary N) is 2. The molecule has 0 saturated carbocycles. The van der Waals surface area contributed by atoms with Crippen LogP contribution in [0.5, 0.6) is 5.75 Å². The highest BCUT2D eigenvalue weighted by Crippen LogP contribution is 2.40. The molecule has 3 rings (SSSR count). The molecule has 0 aromatic heterocycles. The summed E-state index contributed by atoms with van der Waals surface area (Å²) in [6, 6.07) is 11.8. The topological polar surface area (TPSA) is 84.5 Å². The molecule has 0 radical (unpaired) electrons. The van der Waals surface area contributed by atoms with Crippen LogP contribution >= 0.6 is 11.8 Å². The summed E-state index contributed by atoms with van der Waals surface area (Å²) < 4.78 is 35.0. The number of fused-ring (bicyclic) bond motifs is 1. The highest BCUT2D eigenvalue weighted by atomic mass is 32.2. The van der Waals surface area contributed by atoms with Crippen molar-refractivity contribution in [2.45, 2.75) is 48.6 Å². The number of carbonyl (C=O) groups excluding carboxylic acids is 1. The SMILES string of the molecule is CSc1ccc(S(=O)(=O)N[C@H]2CC(C)(C)Oc3ccccc32)cc1NC(C)=O. The van der Waals surface area contributed by atoms with Gasteiger partial charge in [-0.3, -0.25) is 4.79 Å². The first-order valence-corrected chi connectivity index (χ1v) is 11.6. The van der Waals surface area contributed by atoms with Crippen molar-refractivity contribution in [2.24, 2.45) is 0 Å². The van der Waals surface area contributed by atoms with Crippen molar-refractivity contribution in [2.75, 3.05) is 11.6 Å². The zero-order valence-corrected chi connectivity index (χ0v) is 17.9. The van der Waals surface area contributed by atoms with Gasteiger partial charge in [-0.1, -0.05) is 18.2 Å². The van der Waals surface area contributed by atoms with E-state index in [1.807, 2.05) is 44.4 Å². The summed E-state index contributed by atoms with van der Waals surface area (Å²) in [4.78, 5) is 12.4. The molecular weight excluding hydrogens is 396 g/mol. The van der Waals surface area contributed by atoms with E-state index in [4.69, 9.17) is 4.74 Å². The molecule has 150 valence electrons. The maximum Gasteiger partial charge on any atom is 0.241 e. The fourth-order valence-electron chi connectivity index (χ4n) is 3.30. The molecule has 0 aliphatic carbocycles. The molecule has 1 aliphatic rings. The summed E-state index contributed by atoms with van der Waals surface area (Å²) in [5.41, 5.74) is 0.801. The predicted octanol–water partition coefficient (Wildman–Crippen LogP) is 3.95. The Hall–Kier alpha value is -2.03. The van der Waals surface area contributed by atoms with Crippen LogP contribution in [0.4, 0.5) is 5.69 Å². The van der Waals surface area contributed by atoms with Crippen molar-refractivity contribution in [3.05, 3.63) is 48.0 Å². The molecule has 2 N–H and O–H groups in total. The second-order valence-electron chi connectivity index (χ2n) is 7.32. The van der Waals surface area contributed by atoms with Crippen molar-refractivity contribution in [1.82, 2.24) is 4.72 Å². The largest absolute Gasteiger partial charge is 0.487 e. The Morgan fingerprint density at radius 2 is 1.93 bits per heavy atom. The number of para-hydroxylation sites is 1. The summed E-state index contributed by atoms with van der Waals surface area (Å²) in [5, 5.41) is 2.70. The molecule has 1 heterocycles. The zero-order chi connectivity index (χ0) is 20.5. The van der Waals surface area contributed by atoms with E-state index in [1.165, 1.54) is 24.8 Å². The van der Waals surface area contributed by atoms with Crippen LogP contribution in [0.15, 0.2) is 52.3 Å². The third-order valence-corrected chi connectivity index (χ3v) is 6.73. The van der Waals surface area contributed by atoms with Crippen LogP contribution in [-0.2, 0) is 14.8 Å². The predicted molar refractivity (Wildman–Crippen MR) is 111 cm³/mol. The number of anilines is 1. The van der Waals surface area contributed by atoms with Gasteiger partial charge in [-0.05, 0) is 44.4 Å². The lowest BCUT2D eigenvalue weighted by Crippen LogP contribution is -2.41. The minimum Gasteiger partial charge on any atom is -0.487 e. The Bertz CT molecular complexity index is 1000. The van der Waals surface area contributed by atoms with Crippen LogP contribution < -0.4 is 14.8 Å². The molecule has 0 saturated heterocycles. The first-order valence-electron chi connectivity index (χ1n) is 8.87. The van der Waals surface area contributed by atoms with Gasteiger partial charge in [0.15, 0.2) is 0 Å². The molecule has 2 aromatic rings. The Kier molecular flexibility index (Phi) is 5.74. The summed E-state index contributed by atoms with van der Waals surface area (Å²) >= 11 is 1.44. The lowest BCUT2D eigenvalue weighted by atomic mass is 9.90. The van der Waals surface area contributed by atoms with Gasteiger partial charge in [0, 0.05) is 23.8 Å². The van der Waals surface area contributed by atoms with E-state index in [0.29, 0.717) is 17.9 Å². The van der Waals surface area contributed by atoms with Gasteiger partial charge in [0.1, 0.15) is 11.4 Å². The van der Waals surface area contributed by atoms with E-state index in [9.17, 15) is 13.2 Å². The number of hydrogen-bond acceptors (Lipinski definition) is 5. The van der Waals surface area contributed by atoms with Gasteiger partial charge in [-0.2, -0.15) is 0 Å². The van der Waals surface area contributed by atoms with Crippen LogP contribution in [-0.4, -0.2) is 26.2 Å². The lowest BCUT2D eigenvalue weighted by Gasteiger charge is -2.37. The van der Waals surface area contributed by atoms with Crippen molar-refractivity contribution in [3.8, 4) is 5.75 Å². The maximum atomic E-state index is 13.1. The molecule has 6 nitrogen and oxygen atoms in total. The average molecular weight is 421 g/mol. The molecule has 0 spiro atoms.